The number of hydrogen-bond acceptors (Lipinski definition) is 10. The summed E-state index contributed by atoms with van der Waals surface area (Å²) in [5, 5.41) is 44.8. The van der Waals surface area contributed by atoms with Gasteiger partial charge in [-0.1, -0.05) is 6.07 Å². The van der Waals surface area contributed by atoms with Crippen LogP contribution in [0.2, 0.25) is 0 Å². The molecule has 40 heavy (non-hydrogen) atoms. The van der Waals surface area contributed by atoms with Gasteiger partial charge in [0.2, 0.25) is 5.78 Å². The van der Waals surface area contributed by atoms with Gasteiger partial charge in [0, 0.05) is 22.6 Å². The summed E-state index contributed by atoms with van der Waals surface area (Å²) >= 11 is 0. The lowest BCUT2D eigenvalue weighted by molar-refractivity contribution is -0.148. The van der Waals surface area contributed by atoms with Gasteiger partial charge in [0.1, 0.15) is 34.9 Å². The van der Waals surface area contributed by atoms with Gasteiger partial charge in [-0.3, -0.25) is 24.1 Å². The van der Waals surface area contributed by atoms with Gasteiger partial charge in [0.25, 0.3) is 5.91 Å². The normalized spacial score (nSPS) is 25.9. The minimum Gasteiger partial charge on any atom is -0.510 e. The van der Waals surface area contributed by atoms with E-state index in [0.717, 1.165) is 0 Å². The van der Waals surface area contributed by atoms with Gasteiger partial charge in [-0.2, -0.15) is 0 Å². The fraction of sp³-hybridized carbons (Fsp3) is 0.310. The average molecular weight is 549 g/mol. The van der Waals surface area contributed by atoms with E-state index in [4.69, 9.17) is 10.5 Å². The number of likely N-dealkylation sites (N-methyl/N-ethyl adjacent to an activating group) is 1. The van der Waals surface area contributed by atoms with Crippen molar-refractivity contribution >= 4 is 23.8 Å². The summed E-state index contributed by atoms with van der Waals surface area (Å²) in [5.41, 5.74) is 3.23. The molecule has 0 aromatic heterocycles. The first-order valence-electron chi connectivity index (χ1n) is 12.5. The number of rotatable bonds is 5. The van der Waals surface area contributed by atoms with Gasteiger partial charge < -0.3 is 30.9 Å². The fourth-order valence-corrected chi connectivity index (χ4v) is 6.51. The Morgan fingerprint density at radius 1 is 1.12 bits per heavy atom. The summed E-state index contributed by atoms with van der Waals surface area (Å²) < 4.78 is 5.49. The smallest absolute Gasteiger partial charge is 0.255 e. The number of methoxy groups -OCH3 is 1. The zero-order valence-corrected chi connectivity index (χ0v) is 22.0. The minimum atomic E-state index is -2.71. The first kappa shape index (κ1) is 27.1. The number of nitrogens with zero attached hydrogens (tertiary/aromatic N) is 1. The zero-order chi connectivity index (χ0) is 29.3. The molecule has 1 amide bonds. The predicted molar refractivity (Wildman–Crippen MR) is 141 cm³/mol. The van der Waals surface area contributed by atoms with Crippen LogP contribution in [0.3, 0.4) is 0 Å². The molecule has 2 aromatic carbocycles. The lowest BCUT2D eigenvalue weighted by atomic mass is 9.58. The molecule has 5 rings (SSSR count). The monoisotopic (exact) mass is 548 g/mol. The molecule has 3 aliphatic carbocycles. The molecule has 0 bridgehead atoms. The number of nitrogens with two attached hydrogens (primary N) is 1. The molecular weight excluding hydrogens is 520 g/mol. The van der Waals surface area contributed by atoms with Gasteiger partial charge in [-0.15, -0.1) is 0 Å². The highest BCUT2D eigenvalue weighted by Gasteiger charge is 2.63. The second kappa shape index (κ2) is 9.32. The van der Waals surface area contributed by atoms with Crippen LogP contribution >= 0.6 is 0 Å². The Labute approximate surface area is 228 Å². The number of aldehydes is 1. The first-order valence-corrected chi connectivity index (χ1v) is 12.5. The van der Waals surface area contributed by atoms with Crippen LogP contribution in [0.15, 0.2) is 53.0 Å². The largest absolute Gasteiger partial charge is 0.510 e. The van der Waals surface area contributed by atoms with E-state index in [9.17, 15) is 39.6 Å². The van der Waals surface area contributed by atoms with Crippen molar-refractivity contribution in [1.29, 1.82) is 0 Å². The third-order valence-corrected chi connectivity index (χ3v) is 8.26. The molecule has 0 radical (unpaired) electrons. The molecule has 2 aromatic rings. The summed E-state index contributed by atoms with van der Waals surface area (Å²) in [6.45, 7) is 0. The second-order valence-electron chi connectivity index (χ2n) is 10.5. The van der Waals surface area contributed by atoms with Crippen molar-refractivity contribution in [3.05, 3.63) is 69.7 Å². The van der Waals surface area contributed by atoms with Gasteiger partial charge in [-0.25, -0.2) is 0 Å². The van der Waals surface area contributed by atoms with Crippen molar-refractivity contribution in [3.8, 4) is 22.6 Å². The highest BCUT2D eigenvalue weighted by Crippen LogP contribution is 2.53. The van der Waals surface area contributed by atoms with E-state index in [2.05, 4.69) is 0 Å². The number of ether oxygens (including phenoxy) is 1. The quantitative estimate of drug-likeness (QED) is 0.271. The molecule has 11 heteroatoms. The lowest BCUT2D eigenvalue weighted by Gasteiger charge is -2.50. The van der Waals surface area contributed by atoms with Gasteiger partial charge >= 0.3 is 0 Å². The molecule has 208 valence electrons. The summed E-state index contributed by atoms with van der Waals surface area (Å²) in [4.78, 5) is 52.4. The highest BCUT2D eigenvalue weighted by atomic mass is 16.5. The number of carbonyl (C=O) groups is 4. The predicted octanol–water partition coefficient (Wildman–Crippen LogP) is 1.61. The summed E-state index contributed by atoms with van der Waals surface area (Å²) in [5.74, 6) is -6.76. The van der Waals surface area contributed by atoms with Crippen molar-refractivity contribution < 1.29 is 44.3 Å². The van der Waals surface area contributed by atoms with Crippen LogP contribution < -0.4 is 10.5 Å². The third kappa shape index (κ3) is 3.58. The summed E-state index contributed by atoms with van der Waals surface area (Å²) in [6, 6.07) is 6.61. The van der Waals surface area contributed by atoms with Crippen LogP contribution in [0.1, 0.15) is 32.7 Å². The summed E-state index contributed by atoms with van der Waals surface area (Å²) in [7, 11) is 4.59. The number of primary amides is 1. The molecular formula is C29H28N2O9. The maximum absolute atomic E-state index is 13.9. The van der Waals surface area contributed by atoms with Crippen molar-refractivity contribution in [2.24, 2.45) is 17.6 Å². The van der Waals surface area contributed by atoms with Crippen LogP contribution in [0.4, 0.5) is 0 Å². The second-order valence-corrected chi connectivity index (χ2v) is 10.5. The number of fused-ring (bicyclic) bond motifs is 3. The van der Waals surface area contributed by atoms with E-state index < -0.39 is 58.0 Å². The first-order chi connectivity index (χ1) is 18.9. The van der Waals surface area contributed by atoms with Crippen molar-refractivity contribution in [2.75, 3.05) is 21.2 Å². The fourth-order valence-electron chi connectivity index (χ4n) is 6.51. The molecule has 0 heterocycles. The van der Waals surface area contributed by atoms with Crippen molar-refractivity contribution in [2.45, 2.75) is 24.5 Å². The maximum Gasteiger partial charge on any atom is 0.255 e. The van der Waals surface area contributed by atoms with E-state index in [-0.39, 0.29) is 29.7 Å². The van der Waals surface area contributed by atoms with Crippen molar-refractivity contribution in [3.63, 3.8) is 0 Å². The van der Waals surface area contributed by atoms with E-state index in [1.807, 2.05) is 0 Å². The Morgan fingerprint density at radius 3 is 2.42 bits per heavy atom. The molecule has 6 N–H and O–H groups in total. The summed E-state index contributed by atoms with van der Waals surface area (Å²) in [6.07, 6.45) is 0.739. The van der Waals surface area contributed by atoms with Crippen LogP contribution in [0.25, 0.3) is 11.1 Å². The molecule has 3 aliphatic rings. The molecule has 0 aliphatic heterocycles. The SMILES string of the molecule is COc1ccc(C=O)cc1-c1ccc(O)c2c1C[C@@H]1C[C@@H]3[C@@H](N(C)C)C(O)=C(C(N)=O)C(=O)[C@]3(O)C(O)=C1C2=O. The van der Waals surface area contributed by atoms with Gasteiger partial charge in [0.15, 0.2) is 11.4 Å². The standard InChI is InChI=1S/C29H28N2O9/c1-31(2)23-17-10-13-9-16-14(15-8-12(11-32)4-7-19(15)40-3)5-6-18(33)21(16)24(34)20(13)26(36)29(17,39)27(37)22(25(23)35)28(30)38/h4-8,11,13,17,23,33,35-36,39H,9-10H2,1-3H3,(H2,30,38)/t13-,17-,23-,29-/m1/s1. The number of benzene rings is 2. The van der Waals surface area contributed by atoms with E-state index in [1.54, 1.807) is 38.4 Å². The maximum atomic E-state index is 13.9. The van der Waals surface area contributed by atoms with E-state index in [0.29, 0.717) is 34.3 Å². The minimum absolute atomic E-state index is 0.0353. The number of amides is 1. The van der Waals surface area contributed by atoms with Crippen LogP contribution in [-0.2, 0) is 16.0 Å². The number of aromatic hydroxyl groups is 1. The number of aliphatic hydroxyl groups is 3. The number of phenols is 1. The Morgan fingerprint density at radius 2 is 1.82 bits per heavy atom. The lowest BCUT2D eigenvalue weighted by Crippen LogP contribution is -2.63. The molecule has 0 unspecified atom stereocenters. The van der Waals surface area contributed by atoms with E-state index in [1.165, 1.54) is 18.1 Å². The van der Waals surface area contributed by atoms with Crippen LogP contribution in [0, 0.1) is 11.8 Å². The van der Waals surface area contributed by atoms with Crippen LogP contribution in [0.5, 0.6) is 11.5 Å². The zero-order valence-electron chi connectivity index (χ0n) is 22.0. The van der Waals surface area contributed by atoms with E-state index >= 15 is 0 Å². The Bertz CT molecular complexity index is 1570. The Balaban J connectivity index is 1.74. The third-order valence-electron chi connectivity index (χ3n) is 8.26. The van der Waals surface area contributed by atoms with Gasteiger partial charge in [-0.05, 0) is 68.2 Å². The number of carbonyl (C=O) groups excluding carboxylic acids is 4. The molecule has 0 saturated carbocycles. The highest BCUT2D eigenvalue weighted by molar-refractivity contribution is 6.25. The van der Waals surface area contributed by atoms with Crippen molar-refractivity contribution in [1.82, 2.24) is 4.90 Å². The molecule has 0 spiro atoms. The number of ketones is 2. The molecule has 0 saturated heterocycles. The number of Topliss-reactive ketones (excluding diaryl/α,β-unsaturated/α-hetero) is 2. The number of allylic oxidation sites excluding steroid dienone is 1. The van der Waals surface area contributed by atoms with Gasteiger partial charge in [0.05, 0.1) is 18.7 Å². The Kier molecular flexibility index (Phi) is 6.31. The number of phenolic OH excluding ortho intramolecular Hbond substituents is 1. The van der Waals surface area contributed by atoms with Crippen LogP contribution in [-0.4, -0.2) is 81.9 Å². The number of hydrogen-bond donors (Lipinski definition) is 5. The molecule has 0 fully saturated rings. The average Bonchev–Trinajstić information content (AvgIpc) is 2.90. The Hall–Kier alpha value is -4.48. The number of aliphatic hydroxyl groups excluding tert-OH is 2. The molecule has 4 atom stereocenters. The topological polar surface area (TPSA) is 188 Å². The molecule has 11 nitrogen and oxygen atoms in total.